The number of halogens is 1. The normalized spacial score (nSPS) is 18.1. The monoisotopic (exact) mass is 397 g/mol. The van der Waals surface area contributed by atoms with Crippen molar-refractivity contribution in [2.45, 2.75) is 12.8 Å². The molecular weight excluding hydrogens is 378 g/mol. The summed E-state index contributed by atoms with van der Waals surface area (Å²) in [4.78, 5) is 28.5. The minimum Gasteiger partial charge on any atom is -0.496 e. The van der Waals surface area contributed by atoms with E-state index in [9.17, 15) is 9.59 Å². The molecule has 2 aliphatic rings. The van der Waals surface area contributed by atoms with Crippen LogP contribution in [0, 0.1) is 0 Å². The number of hydrogen-bond donors (Lipinski definition) is 1. The molecule has 2 aromatic carbocycles. The zero-order chi connectivity index (χ0) is 19.7. The van der Waals surface area contributed by atoms with Crippen molar-refractivity contribution in [3.63, 3.8) is 0 Å². The van der Waals surface area contributed by atoms with Crippen LogP contribution in [0.2, 0.25) is 5.02 Å². The number of methoxy groups -OCH3 is 1. The van der Waals surface area contributed by atoms with Crippen molar-refractivity contribution < 1.29 is 14.3 Å². The Morgan fingerprint density at radius 3 is 2.57 bits per heavy atom. The first-order chi connectivity index (χ1) is 13.6. The van der Waals surface area contributed by atoms with Crippen LogP contribution < -0.4 is 19.9 Å². The first kappa shape index (κ1) is 18.4. The molecule has 2 aliphatic heterocycles. The molecule has 1 N–H and O–H groups in total. The smallest absolute Gasteiger partial charge is 0.333 e. The van der Waals surface area contributed by atoms with Crippen molar-refractivity contribution in [3.8, 4) is 5.75 Å². The van der Waals surface area contributed by atoms with Crippen molar-refractivity contribution in [3.05, 3.63) is 58.7 Å². The summed E-state index contributed by atoms with van der Waals surface area (Å²) < 4.78 is 5.52. The van der Waals surface area contributed by atoms with Crippen molar-refractivity contribution in [2.75, 3.05) is 30.0 Å². The zero-order valence-corrected chi connectivity index (χ0v) is 16.2. The van der Waals surface area contributed by atoms with E-state index in [1.807, 2.05) is 18.2 Å². The average Bonchev–Trinajstić information content (AvgIpc) is 3.31. The molecule has 0 saturated carbocycles. The first-order valence-electron chi connectivity index (χ1n) is 9.12. The summed E-state index contributed by atoms with van der Waals surface area (Å²) in [6.45, 7) is 2.07. The van der Waals surface area contributed by atoms with E-state index < -0.39 is 11.9 Å². The molecule has 2 fully saturated rings. The molecule has 3 amide bonds. The van der Waals surface area contributed by atoms with E-state index in [0.29, 0.717) is 16.5 Å². The van der Waals surface area contributed by atoms with E-state index in [0.717, 1.165) is 29.2 Å². The number of rotatable bonds is 4. The number of amides is 3. The van der Waals surface area contributed by atoms with Gasteiger partial charge < -0.3 is 15.0 Å². The Morgan fingerprint density at radius 1 is 1.07 bits per heavy atom. The lowest BCUT2D eigenvalue weighted by atomic mass is 10.1. The fourth-order valence-corrected chi connectivity index (χ4v) is 3.72. The molecule has 4 rings (SSSR count). The third-order valence-corrected chi connectivity index (χ3v) is 5.17. The van der Waals surface area contributed by atoms with E-state index in [1.165, 1.54) is 12.8 Å². The van der Waals surface area contributed by atoms with Crippen molar-refractivity contribution in [2.24, 2.45) is 0 Å². The highest BCUT2D eigenvalue weighted by Crippen LogP contribution is 2.31. The number of imide groups is 1. The lowest BCUT2D eigenvalue weighted by Gasteiger charge is -2.19. The van der Waals surface area contributed by atoms with Gasteiger partial charge in [0, 0.05) is 35.4 Å². The van der Waals surface area contributed by atoms with Gasteiger partial charge in [-0.3, -0.25) is 4.79 Å². The predicted molar refractivity (Wildman–Crippen MR) is 110 cm³/mol. The molecule has 0 unspecified atom stereocenters. The molecule has 0 aromatic heterocycles. The molecule has 0 aliphatic carbocycles. The van der Waals surface area contributed by atoms with Crippen LogP contribution in [0.4, 0.5) is 16.2 Å². The number of benzene rings is 2. The molecule has 2 saturated heterocycles. The van der Waals surface area contributed by atoms with Gasteiger partial charge in [-0.05, 0) is 49.2 Å². The van der Waals surface area contributed by atoms with E-state index >= 15 is 0 Å². The second-order valence-electron chi connectivity index (χ2n) is 6.73. The second kappa shape index (κ2) is 7.56. The Morgan fingerprint density at radius 2 is 1.86 bits per heavy atom. The summed E-state index contributed by atoms with van der Waals surface area (Å²) in [6, 6.07) is 12.0. The fourth-order valence-electron chi connectivity index (χ4n) is 3.53. The first-order valence-corrected chi connectivity index (χ1v) is 9.50. The highest BCUT2D eigenvalue weighted by molar-refractivity contribution is 6.32. The molecule has 0 spiro atoms. The van der Waals surface area contributed by atoms with Crippen LogP contribution in [0.1, 0.15) is 18.4 Å². The average molecular weight is 398 g/mol. The molecule has 0 atom stereocenters. The van der Waals surface area contributed by atoms with E-state index in [-0.39, 0.29) is 5.70 Å². The van der Waals surface area contributed by atoms with Crippen molar-refractivity contribution in [1.82, 2.24) is 5.32 Å². The number of ether oxygens (including phenoxy) is 1. The molecule has 144 valence electrons. The van der Waals surface area contributed by atoms with Gasteiger partial charge in [-0.2, -0.15) is 0 Å². The lowest BCUT2D eigenvalue weighted by Crippen LogP contribution is -2.30. The number of carbonyl (C=O) groups is 2. The minimum absolute atomic E-state index is 0.192. The Bertz CT molecular complexity index is 967. The molecule has 6 nitrogen and oxygen atoms in total. The molecule has 2 aromatic rings. The molecule has 2 heterocycles. The number of nitrogens with one attached hydrogen (secondary N) is 1. The lowest BCUT2D eigenvalue weighted by molar-refractivity contribution is -0.113. The van der Waals surface area contributed by atoms with Gasteiger partial charge in [0.05, 0.1) is 12.8 Å². The van der Waals surface area contributed by atoms with Gasteiger partial charge >= 0.3 is 6.03 Å². The maximum atomic E-state index is 12.8. The minimum atomic E-state index is -0.508. The Hall–Kier alpha value is -2.99. The number of nitrogens with zero attached hydrogens (tertiary/aromatic N) is 2. The molecule has 0 bridgehead atoms. The summed E-state index contributed by atoms with van der Waals surface area (Å²) in [5.74, 6) is 0.220. The van der Waals surface area contributed by atoms with E-state index in [2.05, 4.69) is 10.2 Å². The zero-order valence-electron chi connectivity index (χ0n) is 15.4. The summed E-state index contributed by atoms with van der Waals surface area (Å²) in [5.41, 5.74) is 2.44. The van der Waals surface area contributed by atoms with E-state index in [4.69, 9.17) is 16.3 Å². The van der Waals surface area contributed by atoms with Crippen LogP contribution in [0.5, 0.6) is 5.75 Å². The third-order valence-electron chi connectivity index (χ3n) is 4.93. The number of anilines is 2. The summed E-state index contributed by atoms with van der Waals surface area (Å²) in [6.07, 6.45) is 4.01. The predicted octanol–water partition coefficient (Wildman–Crippen LogP) is 4.05. The standard InChI is InChI=1S/C21H20ClN3O3/c1-28-19-13-16(24-9-2-3-10-24)8-7-14(19)11-18-20(26)25(21(27)23-18)17-6-4-5-15(22)12-17/h4-8,11-13H,2-3,9-10H2,1H3,(H,23,27)/b18-11-. The SMILES string of the molecule is COc1cc(N2CCCC2)ccc1/C=C1\NC(=O)N(c2cccc(Cl)c2)C1=O. The number of urea groups is 1. The van der Waals surface area contributed by atoms with Gasteiger partial charge in [0.25, 0.3) is 5.91 Å². The van der Waals surface area contributed by atoms with Crippen LogP contribution in [0.25, 0.3) is 6.08 Å². The topological polar surface area (TPSA) is 61.9 Å². The van der Waals surface area contributed by atoms with Gasteiger partial charge in [-0.25, -0.2) is 9.69 Å². The van der Waals surface area contributed by atoms with Crippen LogP contribution in [-0.4, -0.2) is 32.1 Å². The van der Waals surface area contributed by atoms with Gasteiger partial charge in [0.1, 0.15) is 11.4 Å². The van der Waals surface area contributed by atoms with Crippen LogP contribution >= 0.6 is 11.6 Å². The molecule has 0 radical (unpaired) electrons. The van der Waals surface area contributed by atoms with Crippen LogP contribution in [0.15, 0.2) is 48.2 Å². The van der Waals surface area contributed by atoms with Gasteiger partial charge in [-0.15, -0.1) is 0 Å². The molecule has 28 heavy (non-hydrogen) atoms. The van der Waals surface area contributed by atoms with Crippen LogP contribution in [-0.2, 0) is 4.79 Å². The summed E-state index contributed by atoms with van der Waals surface area (Å²) in [5, 5.41) is 3.08. The maximum Gasteiger partial charge on any atom is 0.333 e. The Labute approximate surface area is 168 Å². The Kier molecular flexibility index (Phi) is 4.96. The number of hydrogen-bond acceptors (Lipinski definition) is 4. The molecular formula is C21H20ClN3O3. The van der Waals surface area contributed by atoms with Crippen LogP contribution in [0.3, 0.4) is 0 Å². The van der Waals surface area contributed by atoms with Gasteiger partial charge in [0.15, 0.2) is 0 Å². The summed E-state index contributed by atoms with van der Waals surface area (Å²) >= 11 is 5.99. The fraction of sp³-hybridized carbons (Fsp3) is 0.238. The van der Waals surface area contributed by atoms with Crippen molar-refractivity contribution >= 4 is 41.0 Å². The maximum absolute atomic E-state index is 12.8. The second-order valence-corrected chi connectivity index (χ2v) is 7.17. The highest BCUT2D eigenvalue weighted by atomic mass is 35.5. The van der Waals surface area contributed by atoms with Gasteiger partial charge in [0.2, 0.25) is 0 Å². The summed E-state index contributed by atoms with van der Waals surface area (Å²) in [7, 11) is 1.60. The van der Waals surface area contributed by atoms with E-state index in [1.54, 1.807) is 37.5 Å². The quantitative estimate of drug-likeness (QED) is 0.624. The third kappa shape index (κ3) is 3.43. The Balaban J connectivity index is 1.63. The number of carbonyl (C=O) groups excluding carboxylic acids is 2. The van der Waals surface area contributed by atoms with Gasteiger partial charge in [-0.1, -0.05) is 17.7 Å². The van der Waals surface area contributed by atoms with Crippen molar-refractivity contribution in [1.29, 1.82) is 0 Å². The highest BCUT2D eigenvalue weighted by Gasteiger charge is 2.35. The molecule has 7 heteroatoms. The largest absolute Gasteiger partial charge is 0.496 e.